The van der Waals surface area contributed by atoms with Crippen LogP contribution in [0.15, 0.2) is 35.0 Å². The smallest absolute Gasteiger partial charge is 0.123 e. The Bertz CT molecular complexity index is 404. The van der Waals surface area contributed by atoms with Gasteiger partial charge in [-0.05, 0) is 52.6 Å². The molecule has 0 atom stereocenters. The van der Waals surface area contributed by atoms with Gasteiger partial charge in [-0.25, -0.2) is 4.39 Å². The van der Waals surface area contributed by atoms with Crippen molar-refractivity contribution in [2.45, 2.75) is 20.8 Å². The van der Waals surface area contributed by atoms with Crippen molar-refractivity contribution in [2.24, 2.45) is 0 Å². The summed E-state index contributed by atoms with van der Waals surface area (Å²) in [5.41, 5.74) is 3.27. The van der Waals surface area contributed by atoms with Crippen LogP contribution >= 0.6 is 11.3 Å². The first kappa shape index (κ1) is 11.9. The average Bonchev–Trinajstić information content (AvgIpc) is 2.74. The summed E-state index contributed by atoms with van der Waals surface area (Å²) in [7, 11) is 0. The van der Waals surface area contributed by atoms with Gasteiger partial charge in [-0.1, -0.05) is 19.9 Å². The number of hydrogen-bond acceptors (Lipinski definition) is 1. The highest BCUT2D eigenvalue weighted by atomic mass is 32.1. The molecule has 0 spiro atoms. The van der Waals surface area contributed by atoms with Crippen molar-refractivity contribution in [1.82, 2.24) is 0 Å². The lowest BCUT2D eigenvalue weighted by atomic mass is 10.0. The van der Waals surface area contributed by atoms with Crippen LogP contribution < -0.4 is 0 Å². The number of aryl methyl sites for hydroxylation is 1. The lowest BCUT2D eigenvalue weighted by Gasteiger charge is -2.02. The third-order valence-electron chi connectivity index (χ3n) is 2.02. The van der Waals surface area contributed by atoms with Gasteiger partial charge in [0, 0.05) is 0 Å². The number of benzene rings is 1. The minimum absolute atomic E-state index is 0.170. The maximum atomic E-state index is 12.8. The largest absolute Gasteiger partial charge is 0.207 e. The van der Waals surface area contributed by atoms with E-state index in [2.05, 4.69) is 5.38 Å². The van der Waals surface area contributed by atoms with Gasteiger partial charge in [-0.3, -0.25) is 0 Å². The fourth-order valence-corrected chi connectivity index (χ4v) is 2.02. The predicted molar refractivity (Wildman–Crippen MR) is 65.8 cm³/mol. The molecule has 1 heterocycles. The second-order valence-corrected chi connectivity index (χ2v) is 3.75. The molecule has 0 bridgehead atoms. The predicted octanol–water partition coefficient (Wildman–Crippen LogP) is 4.89. The van der Waals surface area contributed by atoms with E-state index < -0.39 is 0 Å². The van der Waals surface area contributed by atoms with Gasteiger partial charge in [0.2, 0.25) is 0 Å². The van der Waals surface area contributed by atoms with E-state index in [0.717, 1.165) is 11.1 Å². The molecule has 0 aliphatic heterocycles. The van der Waals surface area contributed by atoms with Crippen LogP contribution in [0.3, 0.4) is 0 Å². The molecule has 15 heavy (non-hydrogen) atoms. The van der Waals surface area contributed by atoms with Crippen molar-refractivity contribution in [3.63, 3.8) is 0 Å². The molecular formula is C13H15FS. The average molecular weight is 222 g/mol. The Morgan fingerprint density at radius 3 is 2.40 bits per heavy atom. The second-order valence-electron chi connectivity index (χ2n) is 2.97. The van der Waals surface area contributed by atoms with Crippen LogP contribution in [0.2, 0.25) is 0 Å². The zero-order valence-electron chi connectivity index (χ0n) is 9.25. The maximum Gasteiger partial charge on any atom is 0.123 e. The molecule has 0 fully saturated rings. The van der Waals surface area contributed by atoms with Gasteiger partial charge in [0.15, 0.2) is 0 Å². The molecule has 0 N–H and O–H groups in total. The highest BCUT2D eigenvalue weighted by Gasteiger charge is 2.02. The molecule has 2 rings (SSSR count). The number of rotatable bonds is 1. The molecule has 1 aromatic heterocycles. The summed E-state index contributed by atoms with van der Waals surface area (Å²) in [5.74, 6) is -0.170. The van der Waals surface area contributed by atoms with Gasteiger partial charge in [-0.2, -0.15) is 11.3 Å². The van der Waals surface area contributed by atoms with E-state index in [9.17, 15) is 4.39 Å². The van der Waals surface area contributed by atoms with Crippen molar-refractivity contribution in [3.05, 3.63) is 46.4 Å². The molecule has 0 radical (unpaired) electrons. The molecule has 0 saturated carbocycles. The molecular weight excluding hydrogens is 207 g/mol. The standard InChI is InChI=1S/C11H9FS.C2H6/c1-8-6-10(12)2-3-11(8)9-4-5-13-7-9;1-2/h2-7H,1H3;1-2H3. The minimum Gasteiger partial charge on any atom is -0.207 e. The Hall–Kier alpha value is -1.15. The molecule has 1 aromatic carbocycles. The summed E-state index contributed by atoms with van der Waals surface area (Å²) < 4.78 is 12.8. The summed E-state index contributed by atoms with van der Waals surface area (Å²) in [6.07, 6.45) is 0. The van der Waals surface area contributed by atoms with Gasteiger partial charge in [0.1, 0.15) is 5.82 Å². The zero-order valence-corrected chi connectivity index (χ0v) is 10.1. The van der Waals surface area contributed by atoms with E-state index in [1.54, 1.807) is 17.4 Å². The van der Waals surface area contributed by atoms with Crippen LogP contribution in [0.4, 0.5) is 4.39 Å². The summed E-state index contributed by atoms with van der Waals surface area (Å²) in [6.45, 7) is 5.93. The normalized spacial score (nSPS) is 9.33. The van der Waals surface area contributed by atoms with Crippen LogP contribution in [0.5, 0.6) is 0 Å². The SMILES string of the molecule is CC.Cc1cc(F)ccc1-c1ccsc1. The summed E-state index contributed by atoms with van der Waals surface area (Å²) >= 11 is 1.65. The van der Waals surface area contributed by atoms with Gasteiger partial charge >= 0.3 is 0 Å². The Morgan fingerprint density at radius 1 is 1.13 bits per heavy atom. The van der Waals surface area contributed by atoms with E-state index in [0.29, 0.717) is 0 Å². The molecule has 0 amide bonds. The highest BCUT2D eigenvalue weighted by Crippen LogP contribution is 2.25. The lowest BCUT2D eigenvalue weighted by molar-refractivity contribution is 0.627. The Labute approximate surface area is 94.4 Å². The molecule has 0 unspecified atom stereocenters. The van der Waals surface area contributed by atoms with Crippen molar-refractivity contribution in [2.75, 3.05) is 0 Å². The summed E-state index contributed by atoms with van der Waals surface area (Å²) in [4.78, 5) is 0. The van der Waals surface area contributed by atoms with Crippen molar-refractivity contribution < 1.29 is 4.39 Å². The molecule has 0 saturated heterocycles. The summed E-state index contributed by atoms with van der Waals surface area (Å²) in [5, 5.41) is 4.10. The van der Waals surface area contributed by atoms with E-state index in [4.69, 9.17) is 0 Å². The molecule has 2 aromatic rings. The van der Waals surface area contributed by atoms with Gasteiger partial charge in [0.05, 0.1) is 0 Å². The van der Waals surface area contributed by atoms with Crippen molar-refractivity contribution in [1.29, 1.82) is 0 Å². The van der Waals surface area contributed by atoms with E-state index in [1.807, 2.05) is 38.3 Å². The Balaban J connectivity index is 0.000000531. The third kappa shape index (κ3) is 2.90. The topological polar surface area (TPSA) is 0 Å². The van der Waals surface area contributed by atoms with Crippen LogP contribution in [0.25, 0.3) is 11.1 Å². The monoisotopic (exact) mass is 222 g/mol. The van der Waals surface area contributed by atoms with Gasteiger partial charge in [0.25, 0.3) is 0 Å². The number of hydrogen-bond donors (Lipinski definition) is 0. The molecule has 2 heteroatoms. The third-order valence-corrected chi connectivity index (χ3v) is 2.70. The maximum absolute atomic E-state index is 12.8. The fraction of sp³-hybridized carbons (Fsp3) is 0.231. The highest BCUT2D eigenvalue weighted by molar-refractivity contribution is 7.08. The van der Waals surface area contributed by atoms with Crippen LogP contribution in [0, 0.1) is 12.7 Å². The first-order valence-corrected chi connectivity index (χ1v) is 6.00. The van der Waals surface area contributed by atoms with Gasteiger partial charge in [-0.15, -0.1) is 0 Å². The van der Waals surface area contributed by atoms with E-state index >= 15 is 0 Å². The lowest BCUT2D eigenvalue weighted by Crippen LogP contribution is -1.82. The first-order valence-electron chi connectivity index (χ1n) is 5.06. The van der Waals surface area contributed by atoms with Crippen LogP contribution in [0.1, 0.15) is 19.4 Å². The Kier molecular flexibility index (Phi) is 4.50. The Morgan fingerprint density at radius 2 is 1.87 bits per heavy atom. The van der Waals surface area contributed by atoms with Crippen molar-refractivity contribution in [3.8, 4) is 11.1 Å². The first-order chi connectivity index (χ1) is 7.27. The molecule has 0 aliphatic rings. The fourth-order valence-electron chi connectivity index (χ4n) is 1.37. The molecule has 0 aliphatic carbocycles. The van der Waals surface area contributed by atoms with E-state index in [-0.39, 0.29) is 5.82 Å². The van der Waals surface area contributed by atoms with E-state index in [1.165, 1.54) is 11.6 Å². The quantitative estimate of drug-likeness (QED) is 0.644. The molecule has 0 nitrogen and oxygen atoms in total. The second kappa shape index (κ2) is 5.66. The minimum atomic E-state index is -0.170. The number of halogens is 1. The van der Waals surface area contributed by atoms with Crippen LogP contribution in [-0.2, 0) is 0 Å². The van der Waals surface area contributed by atoms with Crippen molar-refractivity contribution >= 4 is 11.3 Å². The van der Waals surface area contributed by atoms with Crippen LogP contribution in [-0.4, -0.2) is 0 Å². The van der Waals surface area contributed by atoms with Gasteiger partial charge < -0.3 is 0 Å². The zero-order chi connectivity index (χ0) is 11.3. The summed E-state index contributed by atoms with van der Waals surface area (Å²) in [6, 6.07) is 6.94. The molecule has 80 valence electrons. The number of thiophene rings is 1.